The fraction of sp³-hybridized carbons (Fsp3) is 0.389. The zero-order chi connectivity index (χ0) is 18.1. The first-order chi connectivity index (χ1) is 12.1. The molecule has 0 bridgehead atoms. The smallest absolute Gasteiger partial charge is 0.251 e. The Morgan fingerprint density at radius 3 is 2.80 bits per heavy atom. The molecule has 0 aliphatic rings. The number of carbonyl (C=O) groups excluding carboxylic acids is 1. The zero-order valence-electron chi connectivity index (χ0n) is 14.5. The molecule has 1 heterocycles. The van der Waals surface area contributed by atoms with Gasteiger partial charge in [0.1, 0.15) is 0 Å². The quantitative estimate of drug-likeness (QED) is 0.398. The summed E-state index contributed by atoms with van der Waals surface area (Å²) in [6.07, 6.45) is 1.09. The minimum Gasteiger partial charge on any atom is -0.349 e. The third-order valence-electron chi connectivity index (χ3n) is 3.39. The van der Waals surface area contributed by atoms with Crippen LogP contribution in [-0.4, -0.2) is 27.4 Å². The van der Waals surface area contributed by atoms with E-state index in [1.165, 1.54) is 17.8 Å². The van der Waals surface area contributed by atoms with Gasteiger partial charge in [0.2, 0.25) is 5.91 Å². The third kappa shape index (κ3) is 6.96. The van der Waals surface area contributed by atoms with Crippen molar-refractivity contribution >= 4 is 29.4 Å². The maximum absolute atomic E-state index is 12.1. The van der Waals surface area contributed by atoms with Crippen LogP contribution in [-0.2, 0) is 10.5 Å². The van der Waals surface area contributed by atoms with Gasteiger partial charge < -0.3 is 10.3 Å². The molecule has 2 rings (SSSR count). The van der Waals surface area contributed by atoms with Gasteiger partial charge in [-0.05, 0) is 24.7 Å². The van der Waals surface area contributed by atoms with E-state index in [1.807, 2.05) is 37.3 Å². The van der Waals surface area contributed by atoms with Crippen LogP contribution in [0.2, 0.25) is 0 Å². The van der Waals surface area contributed by atoms with Gasteiger partial charge >= 0.3 is 0 Å². The van der Waals surface area contributed by atoms with Crippen molar-refractivity contribution in [3.8, 4) is 0 Å². The number of amides is 1. The van der Waals surface area contributed by atoms with Crippen LogP contribution >= 0.6 is 23.5 Å². The summed E-state index contributed by atoms with van der Waals surface area (Å²) >= 11 is 3.00. The average molecular weight is 378 g/mol. The van der Waals surface area contributed by atoms with E-state index in [4.69, 9.17) is 0 Å². The summed E-state index contributed by atoms with van der Waals surface area (Å²) in [6, 6.07) is 11.3. The third-order valence-corrected chi connectivity index (χ3v) is 5.46. The van der Waals surface area contributed by atoms with E-state index in [0.29, 0.717) is 10.9 Å². The van der Waals surface area contributed by atoms with E-state index < -0.39 is 0 Å². The molecular weight excluding hydrogens is 354 g/mol. The lowest BCUT2D eigenvalue weighted by molar-refractivity contribution is -0.119. The fourth-order valence-corrected chi connectivity index (χ4v) is 3.68. The van der Waals surface area contributed by atoms with Crippen molar-refractivity contribution in [3.63, 3.8) is 0 Å². The Morgan fingerprint density at radius 2 is 2.08 bits per heavy atom. The maximum atomic E-state index is 12.1. The van der Waals surface area contributed by atoms with Crippen LogP contribution in [0.15, 0.2) is 46.3 Å². The Morgan fingerprint density at radius 1 is 1.32 bits per heavy atom. The molecule has 1 amide bonds. The first kappa shape index (κ1) is 19.6. The molecular formula is C18H23N3O2S2. The number of nitrogens with zero attached hydrogens (tertiary/aromatic N) is 1. The van der Waals surface area contributed by atoms with E-state index in [2.05, 4.69) is 22.2 Å². The summed E-state index contributed by atoms with van der Waals surface area (Å²) in [6.45, 7) is 4.07. The highest BCUT2D eigenvalue weighted by atomic mass is 32.2. The molecule has 0 aliphatic carbocycles. The summed E-state index contributed by atoms with van der Waals surface area (Å²) in [4.78, 5) is 31.0. The summed E-state index contributed by atoms with van der Waals surface area (Å²) in [5.41, 5.74) is 1.63. The SMILES string of the molecule is CCCSCc1cc(=O)[nH]c(SCC(=O)NC(C)c2ccccc2)n1. The van der Waals surface area contributed by atoms with Crippen molar-refractivity contribution in [2.24, 2.45) is 0 Å². The van der Waals surface area contributed by atoms with Gasteiger partial charge in [-0.25, -0.2) is 4.98 Å². The van der Waals surface area contributed by atoms with E-state index in [9.17, 15) is 9.59 Å². The molecule has 1 aromatic carbocycles. The zero-order valence-corrected chi connectivity index (χ0v) is 16.1. The standard InChI is InChI=1S/C18H23N3O2S2/c1-3-9-24-11-15-10-16(22)21-18(20-15)25-12-17(23)19-13(2)14-7-5-4-6-8-14/h4-8,10,13H,3,9,11-12H2,1-2H3,(H,19,23)(H,20,21,22). The lowest BCUT2D eigenvalue weighted by Crippen LogP contribution is -2.28. The Balaban J connectivity index is 1.87. The van der Waals surface area contributed by atoms with Gasteiger partial charge in [0, 0.05) is 11.8 Å². The number of hydrogen-bond acceptors (Lipinski definition) is 5. The molecule has 0 aliphatic heterocycles. The van der Waals surface area contributed by atoms with Crippen LogP contribution in [0, 0.1) is 0 Å². The molecule has 0 radical (unpaired) electrons. The highest BCUT2D eigenvalue weighted by Crippen LogP contribution is 2.16. The molecule has 0 fully saturated rings. The van der Waals surface area contributed by atoms with E-state index >= 15 is 0 Å². The van der Waals surface area contributed by atoms with Crippen molar-refractivity contribution in [2.45, 2.75) is 37.2 Å². The van der Waals surface area contributed by atoms with Gasteiger partial charge in [-0.1, -0.05) is 49.0 Å². The van der Waals surface area contributed by atoms with Crippen molar-refractivity contribution < 1.29 is 4.79 Å². The largest absolute Gasteiger partial charge is 0.349 e. The summed E-state index contributed by atoms with van der Waals surface area (Å²) in [7, 11) is 0. The molecule has 7 heteroatoms. The lowest BCUT2D eigenvalue weighted by atomic mass is 10.1. The number of aromatic nitrogens is 2. The lowest BCUT2D eigenvalue weighted by Gasteiger charge is -2.14. The number of hydrogen-bond donors (Lipinski definition) is 2. The van der Waals surface area contributed by atoms with Gasteiger partial charge in [-0.15, -0.1) is 0 Å². The van der Waals surface area contributed by atoms with Crippen molar-refractivity contribution in [1.29, 1.82) is 0 Å². The van der Waals surface area contributed by atoms with Crippen molar-refractivity contribution in [3.05, 3.63) is 58.0 Å². The topological polar surface area (TPSA) is 74.8 Å². The van der Waals surface area contributed by atoms with E-state index in [-0.39, 0.29) is 23.3 Å². The van der Waals surface area contributed by atoms with Crippen LogP contribution < -0.4 is 10.9 Å². The average Bonchev–Trinajstić information content (AvgIpc) is 2.60. The first-order valence-electron chi connectivity index (χ1n) is 8.23. The van der Waals surface area contributed by atoms with Crippen LogP contribution in [0.5, 0.6) is 0 Å². The molecule has 0 spiro atoms. The predicted molar refractivity (Wildman–Crippen MR) is 105 cm³/mol. The number of H-pyrrole nitrogens is 1. The van der Waals surface area contributed by atoms with Crippen LogP contribution in [0.4, 0.5) is 0 Å². The Hall–Kier alpha value is -1.73. The first-order valence-corrected chi connectivity index (χ1v) is 10.4. The second-order valence-corrected chi connectivity index (χ2v) is 7.65. The molecule has 5 nitrogen and oxygen atoms in total. The molecule has 1 unspecified atom stereocenters. The second kappa shape index (κ2) is 10.3. The number of nitrogens with one attached hydrogen (secondary N) is 2. The van der Waals surface area contributed by atoms with Gasteiger partial charge in [0.25, 0.3) is 5.56 Å². The molecule has 25 heavy (non-hydrogen) atoms. The van der Waals surface area contributed by atoms with Gasteiger partial charge in [-0.2, -0.15) is 11.8 Å². The maximum Gasteiger partial charge on any atom is 0.251 e. The van der Waals surface area contributed by atoms with Gasteiger partial charge in [-0.3, -0.25) is 9.59 Å². The number of benzene rings is 1. The number of thioether (sulfide) groups is 2. The van der Waals surface area contributed by atoms with Crippen molar-refractivity contribution in [2.75, 3.05) is 11.5 Å². The molecule has 1 aromatic heterocycles. The number of aromatic amines is 1. The van der Waals surface area contributed by atoms with E-state index in [0.717, 1.165) is 23.4 Å². The molecule has 2 aromatic rings. The fourth-order valence-electron chi connectivity index (χ4n) is 2.19. The molecule has 1 atom stereocenters. The van der Waals surface area contributed by atoms with Gasteiger partial charge in [0.05, 0.1) is 17.5 Å². The summed E-state index contributed by atoms with van der Waals surface area (Å²) < 4.78 is 0. The van der Waals surface area contributed by atoms with Crippen LogP contribution in [0.3, 0.4) is 0 Å². The molecule has 134 valence electrons. The highest BCUT2D eigenvalue weighted by Gasteiger charge is 2.11. The minimum atomic E-state index is -0.178. The number of rotatable bonds is 9. The minimum absolute atomic E-state index is 0.0573. The monoisotopic (exact) mass is 377 g/mol. The van der Waals surface area contributed by atoms with Crippen LogP contribution in [0.25, 0.3) is 0 Å². The van der Waals surface area contributed by atoms with Crippen molar-refractivity contribution in [1.82, 2.24) is 15.3 Å². The molecule has 2 N–H and O–H groups in total. The Bertz CT molecular complexity index is 735. The highest BCUT2D eigenvalue weighted by molar-refractivity contribution is 7.99. The Kier molecular flexibility index (Phi) is 8.08. The van der Waals surface area contributed by atoms with E-state index in [1.54, 1.807) is 11.8 Å². The molecule has 0 saturated heterocycles. The van der Waals surface area contributed by atoms with Gasteiger partial charge in [0.15, 0.2) is 5.16 Å². The predicted octanol–water partition coefficient (Wildman–Crippen LogP) is 3.38. The number of carbonyl (C=O) groups is 1. The summed E-state index contributed by atoms with van der Waals surface area (Å²) in [5, 5.41) is 3.44. The van der Waals surface area contributed by atoms with Crippen LogP contribution in [0.1, 0.15) is 37.6 Å². The summed E-state index contributed by atoms with van der Waals surface area (Å²) in [5.74, 6) is 1.88. The Labute approximate surface area is 156 Å². The second-order valence-electron chi connectivity index (χ2n) is 5.58. The molecule has 0 saturated carbocycles. The normalized spacial score (nSPS) is 11.9.